The van der Waals surface area contributed by atoms with Crippen molar-refractivity contribution in [3.05, 3.63) is 29.3 Å². The van der Waals surface area contributed by atoms with Crippen LogP contribution in [0.25, 0.3) is 0 Å². The van der Waals surface area contributed by atoms with Crippen molar-refractivity contribution >= 4 is 0 Å². The fraction of sp³-hybridized carbons (Fsp3) is 0.455. The molecule has 0 aliphatic carbocycles. The molecule has 15 heavy (non-hydrogen) atoms. The molecule has 0 bridgehead atoms. The lowest BCUT2D eigenvalue weighted by Crippen LogP contribution is -2.13. The number of benzene rings is 1. The third kappa shape index (κ3) is 3.20. The van der Waals surface area contributed by atoms with E-state index in [-0.39, 0.29) is 0 Å². The van der Waals surface area contributed by atoms with Gasteiger partial charge in [0, 0.05) is 19.2 Å². The summed E-state index contributed by atoms with van der Waals surface area (Å²) in [5.74, 6) is 0.840. The van der Waals surface area contributed by atoms with Crippen LogP contribution in [-0.4, -0.2) is 21.3 Å². The van der Waals surface area contributed by atoms with E-state index in [4.69, 9.17) is 14.3 Å². The summed E-state index contributed by atoms with van der Waals surface area (Å²) in [6.07, 6.45) is 0. The van der Waals surface area contributed by atoms with Gasteiger partial charge in [-0.3, -0.25) is 0 Å². The lowest BCUT2D eigenvalue weighted by Gasteiger charge is -2.13. The SMILES string of the molecule is COCc1c(CNOC)cccc1OC. The van der Waals surface area contributed by atoms with Crippen LogP contribution in [0.3, 0.4) is 0 Å². The molecule has 1 aromatic rings. The molecule has 0 fully saturated rings. The second kappa shape index (κ2) is 6.40. The molecular formula is C11H17NO3. The summed E-state index contributed by atoms with van der Waals surface area (Å²) < 4.78 is 10.4. The van der Waals surface area contributed by atoms with E-state index in [0.29, 0.717) is 13.2 Å². The van der Waals surface area contributed by atoms with Crippen LogP contribution < -0.4 is 10.2 Å². The predicted octanol–water partition coefficient (Wildman–Crippen LogP) is 1.49. The van der Waals surface area contributed by atoms with E-state index in [1.54, 1.807) is 21.3 Å². The highest BCUT2D eigenvalue weighted by atomic mass is 16.6. The molecule has 1 N–H and O–H groups in total. The van der Waals surface area contributed by atoms with Gasteiger partial charge in [-0.05, 0) is 11.6 Å². The summed E-state index contributed by atoms with van der Waals surface area (Å²) >= 11 is 0. The molecule has 0 saturated carbocycles. The monoisotopic (exact) mass is 211 g/mol. The number of nitrogens with one attached hydrogen (secondary N) is 1. The Morgan fingerprint density at radius 1 is 1.20 bits per heavy atom. The van der Waals surface area contributed by atoms with Crippen molar-refractivity contribution in [2.24, 2.45) is 0 Å². The van der Waals surface area contributed by atoms with Crippen LogP contribution in [0.4, 0.5) is 0 Å². The zero-order chi connectivity index (χ0) is 11.1. The highest BCUT2D eigenvalue weighted by Gasteiger charge is 2.08. The van der Waals surface area contributed by atoms with Gasteiger partial charge in [-0.1, -0.05) is 12.1 Å². The van der Waals surface area contributed by atoms with Crippen LogP contribution >= 0.6 is 0 Å². The zero-order valence-electron chi connectivity index (χ0n) is 9.37. The van der Waals surface area contributed by atoms with E-state index in [9.17, 15) is 0 Å². The smallest absolute Gasteiger partial charge is 0.124 e. The fourth-order valence-corrected chi connectivity index (χ4v) is 1.43. The Morgan fingerprint density at radius 3 is 2.60 bits per heavy atom. The van der Waals surface area contributed by atoms with Crippen LogP contribution in [0.5, 0.6) is 5.75 Å². The molecule has 0 radical (unpaired) electrons. The van der Waals surface area contributed by atoms with Crippen LogP contribution in [0.1, 0.15) is 11.1 Å². The molecule has 4 heteroatoms. The van der Waals surface area contributed by atoms with Crippen molar-refractivity contribution in [3.8, 4) is 5.75 Å². The standard InChI is InChI=1S/C11H17NO3/c1-13-8-10-9(7-12-15-3)5-4-6-11(10)14-2/h4-6,12H,7-8H2,1-3H3. The van der Waals surface area contributed by atoms with Gasteiger partial charge in [0.1, 0.15) is 5.75 Å². The second-order valence-electron chi connectivity index (χ2n) is 3.06. The Labute approximate surface area is 90.1 Å². The summed E-state index contributed by atoms with van der Waals surface area (Å²) in [5, 5.41) is 0. The molecular weight excluding hydrogens is 194 g/mol. The number of hydrogen-bond donors (Lipinski definition) is 1. The summed E-state index contributed by atoms with van der Waals surface area (Å²) in [4.78, 5) is 4.82. The third-order valence-corrected chi connectivity index (χ3v) is 2.15. The lowest BCUT2D eigenvalue weighted by molar-refractivity contribution is 0.0858. The van der Waals surface area contributed by atoms with Crippen LogP contribution in [0.2, 0.25) is 0 Å². The first-order valence-corrected chi connectivity index (χ1v) is 4.73. The van der Waals surface area contributed by atoms with Gasteiger partial charge in [0.15, 0.2) is 0 Å². The molecule has 0 unspecified atom stereocenters. The normalized spacial score (nSPS) is 10.3. The maximum absolute atomic E-state index is 5.27. The first kappa shape index (κ1) is 12.0. The van der Waals surface area contributed by atoms with Gasteiger partial charge in [-0.25, -0.2) is 0 Å². The largest absolute Gasteiger partial charge is 0.496 e. The second-order valence-corrected chi connectivity index (χ2v) is 3.06. The van der Waals surface area contributed by atoms with E-state index < -0.39 is 0 Å². The van der Waals surface area contributed by atoms with Crippen LogP contribution in [0.15, 0.2) is 18.2 Å². The molecule has 1 rings (SSSR count). The molecule has 0 amide bonds. The average molecular weight is 211 g/mol. The van der Waals surface area contributed by atoms with Crippen molar-refractivity contribution in [1.82, 2.24) is 5.48 Å². The molecule has 0 atom stereocenters. The maximum atomic E-state index is 5.27. The van der Waals surface area contributed by atoms with Gasteiger partial charge in [0.05, 0.1) is 20.8 Å². The molecule has 0 aliphatic heterocycles. The van der Waals surface area contributed by atoms with Crippen molar-refractivity contribution in [1.29, 1.82) is 0 Å². The molecule has 84 valence electrons. The van der Waals surface area contributed by atoms with Crippen LogP contribution in [-0.2, 0) is 22.7 Å². The third-order valence-electron chi connectivity index (χ3n) is 2.15. The summed E-state index contributed by atoms with van der Waals surface area (Å²) in [5.41, 5.74) is 4.96. The Morgan fingerprint density at radius 2 is 2.00 bits per heavy atom. The highest BCUT2D eigenvalue weighted by molar-refractivity contribution is 5.39. The molecule has 0 heterocycles. The molecule has 0 spiro atoms. The fourth-order valence-electron chi connectivity index (χ4n) is 1.43. The number of rotatable bonds is 6. The number of ether oxygens (including phenoxy) is 2. The minimum atomic E-state index is 0.532. The molecule has 1 aromatic carbocycles. The number of hydroxylamine groups is 1. The minimum absolute atomic E-state index is 0.532. The molecule has 4 nitrogen and oxygen atoms in total. The molecule has 0 saturated heterocycles. The molecule has 0 aliphatic rings. The van der Waals surface area contributed by atoms with Gasteiger partial charge in [0.25, 0.3) is 0 Å². The highest BCUT2D eigenvalue weighted by Crippen LogP contribution is 2.22. The van der Waals surface area contributed by atoms with Gasteiger partial charge in [-0.15, -0.1) is 0 Å². The number of methoxy groups -OCH3 is 2. The van der Waals surface area contributed by atoms with E-state index >= 15 is 0 Å². The zero-order valence-corrected chi connectivity index (χ0v) is 9.37. The first-order valence-electron chi connectivity index (χ1n) is 4.73. The van der Waals surface area contributed by atoms with Crippen molar-refractivity contribution in [2.75, 3.05) is 21.3 Å². The summed E-state index contributed by atoms with van der Waals surface area (Å²) in [6, 6.07) is 5.89. The van der Waals surface area contributed by atoms with Crippen LogP contribution in [0, 0.1) is 0 Å². The van der Waals surface area contributed by atoms with Crippen molar-refractivity contribution in [2.45, 2.75) is 13.2 Å². The van der Waals surface area contributed by atoms with Crippen molar-refractivity contribution < 1.29 is 14.3 Å². The van der Waals surface area contributed by atoms with Gasteiger partial charge in [-0.2, -0.15) is 5.48 Å². The first-order chi connectivity index (χ1) is 7.33. The number of hydrogen-bond acceptors (Lipinski definition) is 4. The lowest BCUT2D eigenvalue weighted by atomic mass is 10.1. The quantitative estimate of drug-likeness (QED) is 0.724. The summed E-state index contributed by atoms with van der Waals surface area (Å²) in [7, 11) is 4.91. The topological polar surface area (TPSA) is 39.7 Å². The van der Waals surface area contributed by atoms with E-state index in [2.05, 4.69) is 5.48 Å². The van der Waals surface area contributed by atoms with E-state index in [0.717, 1.165) is 16.9 Å². The Kier molecular flexibility index (Phi) is 5.10. The van der Waals surface area contributed by atoms with E-state index in [1.807, 2.05) is 18.2 Å². The van der Waals surface area contributed by atoms with Gasteiger partial charge >= 0.3 is 0 Å². The average Bonchev–Trinajstić information content (AvgIpc) is 2.28. The van der Waals surface area contributed by atoms with Crippen molar-refractivity contribution in [3.63, 3.8) is 0 Å². The minimum Gasteiger partial charge on any atom is -0.496 e. The predicted molar refractivity (Wildman–Crippen MR) is 57.6 cm³/mol. The molecule has 0 aromatic heterocycles. The Bertz CT molecular complexity index is 302. The van der Waals surface area contributed by atoms with E-state index in [1.165, 1.54) is 0 Å². The Balaban J connectivity index is 2.90. The maximum Gasteiger partial charge on any atom is 0.124 e. The van der Waals surface area contributed by atoms with Gasteiger partial charge in [0.2, 0.25) is 0 Å². The Hall–Kier alpha value is -1.10. The van der Waals surface area contributed by atoms with Gasteiger partial charge < -0.3 is 14.3 Å². The summed E-state index contributed by atoms with van der Waals surface area (Å²) in [6.45, 7) is 1.16.